The van der Waals surface area contributed by atoms with Gasteiger partial charge >= 0.3 is 5.97 Å². The first kappa shape index (κ1) is 16.9. The number of fused-ring (bicyclic) bond motifs is 1. The topological polar surface area (TPSA) is 104 Å². The summed E-state index contributed by atoms with van der Waals surface area (Å²) >= 11 is 1.53. The third kappa shape index (κ3) is 3.40. The summed E-state index contributed by atoms with van der Waals surface area (Å²) in [7, 11) is 1.72. The predicted molar refractivity (Wildman–Crippen MR) is 104 cm³/mol. The lowest BCUT2D eigenvalue weighted by Crippen LogP contribution is -2.16. The summed E-state index contributed by atoms with van der Waals surface area (Å²) in [6.45, 7) is 0. The average Bonchev–Trinajstić information content (AvgIpc) is 3.10. The monoisotopic (exact) mass is 378 g/mol. The molecule has 0 unspecified atom stereocenters. The van der Waals surface area contributed by atoms with Crippen LogP contribution >= 0.6 is 11.3 Å². The van der Waals surface area contributed by atoms with E-state index in [4.69, 9.17) is 0 Å². The molecule has 0 radical (unpaired) electrons. The van der Waals surface area contributed by atoms with Gasteiger partial charge in [-0.2, -0.15) is 0 Å². The highest BCUT2D eigenvalue weighted by atomic mass is 32.1. The van der Waals surface area contributed by atoms with E-state index in [-0.39, 0.29) is 5.69 Å². The summed E-state index contributed by atoms with van der Waals surface area (Å²) in [5, 5.41) is 21.5. The van der Waals surface area contributed by atoms with Crippen molar-refractivity contribution in [3.8, 4) is 0 Å². The molecule has 27 heavy (non-hydrogen) atoms. The standard InChI is InChI=1S/C18H14N6O2S/c1-24(12-6-4-10-19-16(12)17(25)26)15-9-8-14(22-23-15)21-18-20-11-5-2-3-7-13(11)27-18/h2-10H,1H3,(H,25,26)(H,20,21,22). The van der Waals surface area contributed by atoms with Crippen LogP contribution in [0.15, 0.2) is 54.7 Å². The van der Waals surface area contributed by atoms with Gasteiger partial charge in [-0.3, -0.25) is 0 Å². The summed E-state index contributed by atoms with van der Waals surface area (Å²) in [6, 6.07) is 14.7. The number of aromatic nitrogens is 4. The lowest BCUT2D eigenvalue weighted by Gasteiger charge is -2.19. The van der Waals surface area contributed by atoms with Gasteiger partial charge in [-0.05, 0) is 36.4 Å². The summed E-state index contributed by atoms with van der Waals surface area (Å²) in [4.78, 5) is 21.4. The van der Waals surface area contributed by atoms with E-state index in [1.807, 2.05) is 24.3 Å². The summed E-state index contributed by atoms with van der Waals surface area (Å²) in [5.74, 6) is -0.0456. The van der Waals surface area contributed by atoms with Crippen LogP contribution in [0.25, 0.3) is 10.2 Å². The average molecular weight is 378 g/mol. The van der Waals surface area contributed by atoms with Crippen molar-refractivity contribution in [2.75, 3.05) is 17.3 Å². The van der Waals surface area contributed by atoms with E-state index in [2.05, 4.69) is 25.5 Å². The molecule has 8 nitrogen and oxygen atoms in total. The Kier molecular flexibility index (Phi) is 4.35. The van der Waals surface area contributed by atoms with E-state index in [9.17, 15) is 9.90 Å². The highest BCUT2D eigenvalue weighted by molar-refractivity contribution is 7.22. The molecule has 9 heteroatoms. The molecule has 0 fully saturated rings. The van der Waals surface area contributed by atoms with Gasteiger partial charge in [0, 0.05) is 13.2 Å². The maximum atomic E-state index is 11.3. The number of nitrogens with one attached hydrogen (secondary N) is 1. The largest absolute Gasteiger partial charge is 0.476 e. The van der Waals surface area contributed by atoms with Crippen molar-refractivity contribution in [1.82, 2.24) is 20.2 Å². The number of aromatic carboxylic acids is 1. The second-order valence-electron chi connectivity index (χ2n) is 5.62. The van der Waals surface area contributed by atoms with E-state index in [1.54, 1.807) is 36.2 Å². The molecule has 3 heterocycles. The van der Waals surface area contributed by atoms with Crippen molar-refractivity contribution >= 4 is 50.0 Å². The fourth-order valence-corrected chi connectivity index (χ4v) is 3.43. The summed E-state index contributed by atoms with van der Waals surface area (Å²) < 4.78 is 1.09. The molecule has 1 aromatic carbocycles. The van der Waals surface area contributed by atoms with Crippen LogP contribution in [0.2, 0.25) is 0 Å². The molecule has 0 bridgehead atoms. The second kappa shape index (κ2) is 6.96. The Morgan fingerprint density at radius 2 is 1.96 bits per heavy atom. The Balaban J connectivity index is 1.56. The van der Waals surface area contributed by atoms with Crippen molar-refractivity contribution in [3.05, 3.63) is 60.4 Å². The lowest BCUT2D eigenvalue weighted by molar-refractivity contribution is 0.0691. The van der Waals surface area contributed by atoms with E-state index in [0.29, 0.717) is 17.3 Å². The molecule has 0 atom stereocenters. The van der Waals surface area contributed by atoms with Gasteiger partial charge in [0.25, 0.3) is 0 Å². The molecule has 0 amide bonds. The number of thiazole rings is 1. The van der Waals surface area contributed by atoms with Crippen molar-refractivity contribution in [2.45, 2.75) is 0 Å². The van der Waals surface area contributed by atoms with Gasteiger partial charge in [-0.15, -0.1) is 10.2 Å². The van der Waals surface area contributed by atoms with Gasteiger partial charge in [0.15, 0.2) is 22.5 Å². The van der Waals surface area contributed by atoms with Crippen LogP contribution in [0.3, 0.4) is 0 Å². The molecular weight excluding hydrogens is 364 g/mol. The normalized spacial score (nSPS) is 10.7. The first-order chi connectivity index (χ1) is 13.1. The fourth-order valence-electron chi connectivity index (χ4n) is 2.56. The molecule has 0 aliphatic rings. The van der Waals surface area contributed by atoms with Crippen molar-refractivity contribution < 1.29 is 9.90 Å². The molecule has 0 aliphatic carbocycles. The van der Waals surface area contributed by atoms with Gasteiger partial charge in [0.05, 0.1) is 15.9 Å². The van der Waals surface area contributed by atoms with Crippen LogP contribution in [-0.4, -0.2) is 38.3 Å². The van der Waals surface area contributed by atoms with Crippen LogP contribution in [-0.2, 0) is 0 Å². The number of para-hydroxylation sites is 1. The van der Waals surface area contributed by atoms with E-state index >= 15 is 0 Å². The highest BCUT2D eigenvalue weighted by Gasteiger charge is 2.16. The first-order valence-electron chi connectivity index (χ1n) is 8.00. The Morgan fingerprint density at radius 3 is 2.70 bits per heavy atom. The quantitative estimate of drug-likeness (QED) is 0.542. The van der Waals surface area contributed by atoms with E-state index < -0.39 is 5.97 Å². The molecule has 4 rings (SSSR count). The van der Waals surface area contributed by atoms with Crippen molar-refractivity contribution in [3.63, 3.8) is 0 Å². The predicted octanol–water partition coefficient (Wildman–Crippen LogP) is 3.69. The van der Waals surface area contributed by atoms with Crippen LogP contribution in [0.4, 0.5) is 22.5 Å². The number of hydrogen-bond acceptors (Lipinski definition) is 8. The van der Waals surface area contributed by atoms with Gasteiger partial charge in [-0.1, -0.05) is 23.5 Å². The van der Waals surface area contributed by atoms with E-state index in [1.165, 1.54) is 17.5 Å². The zero-order chi connectivity index (χ0) is 18.8. The molecule has 4 aromatic rings. The molecule has 0 saturated heterocycles. The van der Waals surface area contributed by atoms with Gasteiger partial charge < -0.3 is 15.3 Å². The lowest BCUT2D eigenvalue weighted by atomic mass is 10.2. The van der Waals surface area contributed by atoms with E-state index in [0.717, 1.165) is 15.3 Å². The Hall–Kier alpha value is -3.59. The third-order valence-electron chi connectivity index (χ3n) is 3.87. The minimum absolute atomic E-state index is 0.0431. The number of pyridine rings is 1. The number of hydrogen-bond donors (Lipinski definition) is 2. The molecule has 0 aliphatic heterocycles. The number of carboxylic acid groups (broad SMARTS) is 1. The molecule has 0 saturated carbocycles. The van der Waals surface area contributed by atoms with Crippen molar-refractivity contribution in [2.24, 2.45) is 0 Å². The Bertz CT molecular complexity index is 1080. The molecular formula is C18H14N6O2S. The van der Waals surface area contributed by atoms with Gasteiger partial charge in [-0.25, -0.2) is 14.8 Å². The van der Waals surface area contributed by atoms with Crippen LogP contribution in [0.1, 0.15) is 10.5 Å². The molecule has 2 N–H and O–H groups in total. The van der Waals surface area contributed by atoms with Crippen LogP contribution < -0.4 is 10.2 Å². The van der Waals surface area contributed by atoms with Gasteiger partial charge in [0.2, 0.25) is 0 Å². The minimum Gasteiger partial charge on any atom is -0.476 e. The Morgan fingerprint density at radius 1 is 1.11 bits per heavy atom. The second-order valence-corrected chi connectivity index (χ2v) is 6.65. The first-order valence-corrected chi connectivity index (χ1v) is 8.82. The smallest absolute Gasteiger partial charge is 0.356 e. The number of benzene rings is 1. The Labute approximate surface area is 158 Å². The highest BCUT2D eigenvalue weighted by Crippen LogP contribution is 2.28. The number of carbonyl (C=O) groups is 1. The van der Waals surface area contributed by atoms with Crippen LogP contribution in [0.5, 0.6) is 0 Å². The minimum atomic E-state index is -1.10. The molecule has 3 aromatic heterocycles. The summed E-state index contributed by atoms with van der Waals surface area (Å²) in [5.41, 5.74) is 1.32. The maximum Gasteiger partial charge on any atom is 0.356 e. The number of nitrogens with zero attached hydrogens (tertiary/aromatic N) is 5. The van der Waals surface area contributed by atoms with Gasteiger partial charge in [0.1, 0.15) is 0 Å². The number of rotatable bonds is 5. The third-order valence-corrected chi connectivity index (χ3v) is 4.83. The number of anilines is 4. The van der Waals surface area contributed by atoms with Crippen LogP contribution in [0, 0.1) is 0 Å². The zero-order valence-electron chi connectivity index (χ0n) is 14.2. The number of carboxylic acids is 1. The summed E-state index contributed by atoms with van der Waals surface area (Å²) in [6.07, 6.45) is 1.44. The SMILES string of the molecule is CN(c1ccc(Nc2nc3ccccc3s2)nn1)c1cccnc1C(=O)O. The fraction of sp³-hybridized carbons (Fsp3) is 0.0556. The molecule has 134 valence electrons. The van der Waals surface area contributed by atoms with Crippen molar-refractivity contribution in [1.29, 1.82) is 0 Å². The maximum absolute atomic E-state index is 11.3. The zero-order valence-corrected chi connectivity index (χ0v) is 15.0. The molecule has 0 spiro atoms.